The number of hydrogen-bond donors (Lipinski definition) is 2. The summed E-state index contributed by atoms with van der Waals surface area (Å²) in [6.45, 7) is 1.80. The molecule has 23 heavy (non-hydrogen) atoms. The van der Waals surface area contributed by atoms with Gasteiger partial charge >= 0.3 is 0 Å². The van der Waals surface area contributed by atoms with Gasteiger partial charge < -0.3 is 10.6 Å². The number of aryl methyl sites for hydroxylation is 1. The van der Waals surface area contributed by atoms with E-state index in [9.17, 15) is 14.0 Å². The summed E-state index contributed by atoms with van der Waals surface area (Å²) in [5.74, 6) is -1.22. The Balaban J connectivity index is 1.80. The van der Waals surface area contributed by atoms with Crippen LogP contribution < -0.4 is 10.6 Å². The number of benzene rings is 2. The van der Waals surface area contributed by atoms with Crippen LogP contribution in [0, 0.1) is 12.7 Å². The number of halogens is 2. The first-order chi connectivity index (χ1) is 10.9. The molecule has 0 saturated carbocycles. The molecule has 2 amide bonds. The molecular weight excluding hydrogens is 319 g/mol. The number of nitrogens with one attached hydrogen (secondary N) is 2. The Morgan fingerprint density at radius 1 is 1.09 bits per heavy atom. The van der Waals surface area contributed by atoms with E-state index in [4.69, 9.17) is 11.6 Å². The number of amides is 2. The van der Waals surface area contributed by atoms with Gasteiger partial charge in [-0.1, -0.05) is 41.4 Å². The van der Waals surface area contributed by atoms with Gasteiger partial charge in [0.1, 0.15) is 5.82 Å². The van der Waals surface area contributed by atoms with Crippen LogP contribution in [0.5, 0.6) is 0 Å². The minimum Gasteiger partial charge on any atom is -0.347 e. The van der Waals surface area contributed by atoms with Crippen molar-refractivity contribution < 1.29 is 14.0 Å². The van der Waals surface area contributed by atoms with Crippen molar-refractivity contribution in [3.8, 4) is 0 Å². The molecule has 0 atom stereocenters. The molecular formula is C17H16ClFN2O2. The predicted molar refractivity (Wildman–Crippen MR) is 87.9 cm³/mol. The fourth-order valence-corrected chi connectivity index (χ4v) is 2.09. The molecule has 0 heterocycles. The molecule has 0 radical (unpaired) electrons. The van der Waals surface area contributed by atoms with Crippen LogP contribution in [0.4, 0.5) is 10.1 Å². The second-order valence-corrected chi connectivity index (χ2v) is 5.52. The average Bonchev–Trinajstić information content (AvgIpc) is 2.51. The van der Waals surface area contributed by atoms with E-state index in [1.807, 2.05) is 31.2 Å². The minimum atomic E-state index is -0.559. The first-order valence-corrected chi connectivity index (χ1v) is 7.39. The van der Waals surface area contributed by atoms with Crippen LogP contribution in [0.15, 0.2) is 42.5 Å². The quantitative estimate of drug-likeness (QED) is 0.882. The smallest absolute Gasteiger partial charge is 0.243 e. The second-order valence-electron chi connectivity index (χ2n) is 5.12. The van der Waals surface area contributed by atoms with Gasteiger partial charge in [0.2, 0.25) is 11.8 Å². The van der Waals surface area contributed by atoms with Crippen LogP contribution >= 0.6 is 11.6 Å². The topological polar surface area (TPSA) is 58.2 Å². The van der Waals surface area contributed by atoms with Gasteiger partial charge in [0, 0.05) is 5.69 Å². The minimum absolute atomic E-state index is 0.0776. The van der Waals surface area contributed by atoms with Crippen molar-refractivity contribution >= 4 is 29.1 Å². The Kier molecular flexibility index (Phi) is 5.71. The molecule has 0 spiro atoms. The summed E-state index contributed by atoms with van der Waals surface area (Å²) in [7, 11) is 0. The normalized spacial score (nSPS) is 10.2. The van der Waals surface area contributed by atoms with Crippen LogP contribution in [-0.2, 0) is 16.0 Å². The highest BCUT2D eigenvalue weighted by atomic mass is 35.5. The Hall–Kier alpha value is -2.40. The van der Waals surface area contributed by atoms with Gasteiger partial charge in [0.05, 0.1) is 18.0 Å². The van der Waals surface area contributed by atoms with E-state index in [2.05, 4.69) is 10.6 Å². The molecule has 0 aliphatic carbocycles. The summed E-state index contributed by atoms with van der Waals surface area (Å²) in [5.41, 5.74) is 2.36. The molecule has 0 bridgehead atoms. The zero-order valence-electron chi connectivity index (χ0n) is 12.5. The lowest BCUT2D eigenvalue weighted by Crippen LogP contribution is -2.33. The highest BCUT2D eigenvalue weighted by molar-refractivity contribution is 6.31. The van der Waals surface area contributed by atoms with E-state index in [0.29, 0.717) is 5.69 Å². The van der Waals surface area contributed by atoms with E-state index in [0.717, 1.165) is 17.2 Å². The summed E-state index contributed by atoms with van der Waals surface area (Å²) in [4.78, 5) is 23.5. The molecule has 120 valence electrons. The zero-order chi connectivity index (χ0) is 16.8. The second kappa shape index (κ2) is 7.74. The summed E-state index contributed by atoms with van der Waals surface area (Å²) in [6, 6.07) is 11.5. The third-order valence-corrected chi connectivity index (χ3v) is 3.42. The van der Waals surface area contributed by atoms with E-state index < -0.39 is 11.7 Å². The molecule has 0 aliphatic heterocycles. The molecule has 2 aromatic carbocycles. The van der Waals surface area contributed by atoms with Gasteiger partial charge in [-0.25, -0.2) is 4.39 Å². The van der Waals surface area contributed by atoms with Crippen molar-refractivity contribution in [2.45, 2.75) is 13.3 Å². The lowest BCUT2D eigenvalue weighted by atomic mass is 10.1. The van der Waals surface area contributed by atoms with Gasteiger partial charge in [0.15, 0.2) is 0 Å². The van der Waals surface area contributed by atoms with Crippen molar-refractivity contribution in [3.63, 3.8) is 0 Å². The number of carbonyl (C=O) groups excluding carboxylic acids is 2. The molecule has 2 rings (SSSR count). The summed E-state index contributed by atoms with van der Waals surface area (Å²) < 4.78 is 13.0. The Bertz CT molecular complexity index is 717. The predicted octanol–water partition coefficient (Wildman–Crippen LogP) is 3.08. The highest BCUT2D eigenvalue weighted by Gasteiger charge is 2.08. The van der Waals surface area contributed by atoms with E-state index >= 15 is 0 Å². The molecule has 0 fully saturated rings. The van der Waals surface area contributed by atoms with E-state index in [1.165, 1.54) is 12.1 Å². The molecule has 6 heteroatoms. The third kappa shape index (κ3) is 5.38. The van der Waals surface area contributed by atoms with Gasteiger partial charge in [-0.3, -0.25) is 9.59 Å². The first kappa shape index (κ1) is 17.0. The average molecular weight is 335 g/mol. The summed E-state index contributed by atoms with van der Waals surface area (Å²) >= 11 is 5.63. The zero-order valence-corrected chi connectivity index (χ0v) is 13.3. The van der Waals surface area contributed by atoms with Crippen LogP contribution in [0.25, 0.3) is 0 Å². The van der Waals surface area contributed by atoms with Gasteiger partial charge in [-0.15, -0.1) is 0 Å². The molecule has 0 aromatic heterocycles. The van der Waals surface area contributed by atoms with Crippen molar-refractivity contribution in [1.82, 2.24) is 5.32 Å². The Morgan fingerprint density at radius 2 is 1.78 bits per heavy atom. The van der Waals surface area contributed by atoms with E-state index in [1.54, 1.807) is 0 Å². The Labute approximate surface area is 138 Å². The number of carbonyl (C=O) groups is 2. The maximum atomic E-state index is 13.0. The fraction of sp³-hybridized carbons (Fsp3) is 0.176. The molecule has 0 unspecified atom stereocenters. The van der Waals surface area contributed by atoms with Crippen LogP contribution in [-0.4, -0.2) is 18.4 Å². The van der Waals surface area contributed by atoms with Crippen molar-refractivity contribution in [2.24, 2.45) is 0 Å². The van der Waals surface area contributed by atoms with Gasteiger partial charge in [-0.2, -0.15) is 0 Å². The maximum absolute atomic E-state index is 13.0. The number of anilines is 1. The first-order valence-electron chi connectivity index (χ1n) is 7.01. The van der Waals surface area contributed by atoms with Crippen molar-refractivity contribution in [2.75, 3.05) is 11.9 Å². The summed E-state index contributed by atoms with van der Waals surface area (Å²) in [6.07, 6.45) is 0.204. The molecule has 2 N–H and O–H groups in total. The van der Waals surface area contributed by atoms with Gasteiger partial charge in [0.25, 0.3) is 0 Å². The molecule has 0 saturated heterocycles. The molecule has 0 aliphatic rings. The lowest BCUT2D eigenvalue weighted by Gasteiger charge is -2.08. The van der Waals surface area contributed by atoms with Crippen molar-refractivity contribution in [3.05, 3.63) is 64.4 Å². The van der Waals surface area contributed by atoms with Crippen LogP contribution in [0.1, 0.15) is 11.1 Å². The third-order valence-electron chi connectivity index (χ3n) is 3.13. The highest BCUT2D eigenvalue weighted by Crippen LogP contribution is 2.19. The van der Waals surface area contributed by atoms with E-state index in [-0.39, 0.29) is 23.9 Å². The van der Waals surface area contributed by atoms with Crippen LogP contribution in [0.3, 0.4) is 0 Å². The van der Waals surface area contributed by atoms with Crippen molar-refractivity contribution in [1.29, 1.82) is 0 Å². The Morgan fingerprint density at radius 3 is 2.43 bits per heavy atom. The summed E-state index contributed by atoms with van der Waals surface area (Å²) in [5, 5.41) is 4.99. The number of hydrogen-bond acceptors (Lipinski definition) is 2. The van der Waals surface area contributed by atoms with Crippen LogP contribution in [0.2, 0.25) is 5.02 Å². The standard InChI is InChI=1S/C17H16ClFN2O2/c1-11-2-4-12(5-3-11)8-16(22)20-10-17(23)21-13-6-7-15(19)14(18)9-13/h2-7,9H,8,10H2,1H3,(H,20,22)(H,21,23). The SMILES string of the molecule is Cc1ccc(CC(=O)NCC(=O)Nc2ccc(F)c(Cl)c2)cc1. The monoisotopic (exact) mass is 334 g/mol. The number of rotatable bonds is 5. The molecule has 2 aromatic rings. The molecule has 4 nitrogen and oxygen atoms in total. The fourth-order valence-electron chi connectivity index (χ4n) is 1.91. The maximum Gasteiger partial charge on any atom is 0.243 e. The largest absolute Gasteiger partial charge is 0.347 e. The lowest BCUT2D eigenvalue weighted by molar-refractivity contribution is -0.123. The van der Waals surface area contributed by atoms with Gasteiger partial charge in [-0.05, 0) is 30.7 Å².